The van der Waals surface area contributed by atoms with E-state index in [1.807, 2.05) is 12.1 Å². The zero-order chi connectivity index (χ0) is 13.1. The van der Waals surface area contributed by atoms with Crippen LogP contribution in [0.25, 0.3) is 11.3 Å². The molecule has 4 nitrogen and oxygen atoms in total. The summed E-state index contributed by atoms with van der Waals surface area (Å²) in [5.41, 5.74) is 8.50. The SMILES string of the molecule is COc1ccc(C(C)C)cc1-c1ccc(N)nn1. The molecular formula is C14H17N3O. The van der Waals surface area contributed by atoms with Crippen LogP contribution in [0.4, 0.5) is 5.82 Å². The Morgan fingerprint density at radius 2 is 1.89 bits per heavy atom. The van der Waals surface area contributed by atoms with Crippen molar-refractivity contribution < 1.29 is 4.74 Å². The molecule has 0 bridgehead atoms. The first-order valence-electron chi connectivity index (χ1n) is 5.89. The van der Waals surface area contributed by atoms with Crippen LogP contribution in [0.5, 0.6) is 5.75 Å². The number of hydrogen-bond acceptors (Lipinski definition) is 4. The fourth-order valence-corrected chi connectivity index (χ4v) is 1.77. The van der Waals surface area contributed by atoms with Crippen LogP contribution in [-0.2, 0) is 0 Å². The van der Waals surface area contributed by atoms with Crippen molar-refractivity contribution in [3.8, 4) is 17.0 Å². The summed E-state index contributed by atoms with van der Waals surface area (Å²) in [5, 5.41) is 7.98. The third-order valence-corrected chi connectivity index (χ3v) is 2.85. The molecule has 94 valence electrons. The van der Waals surface area contributed by atoms with E-state index in [2.05, 4.69) is 36.2 Å². The molecule has 0 aliphatic rings. The average molecular weight is 243 g/mol. The van der Waals surface area contributed by atoms with Crippen LogP contribution in [0.3, 0.4) is 0 Å². The number of hydrogen-bond donors (Lipinski definition) is 1. The Labute approximate surface area is 107 Å². The summed E-state index contributed by atoms with van der Waals surface area (Å²) >= 11 is 0. The van der Waals surface area contributed by atoms with Gasteiger partial charge in [0.2, 0.25) is 0 Å². The lowest BCUT2D eigenvalue weighted by atomic mass is 9.99. The Bertz CT molecular complexity index is 535. The topological polar surface area (TPSA) is 61.0 Å². The van der Waals surface area contributed by atoms with E-state index in [1.165, 1.54) is 5.56 Å². The summed E-state index contributed by atoms with van der Waals surface area (Å²) in [7, 11) is 1.65. The Kier molecular flexibility index (Phi) is 3.46. The third-order valence-electron chi connectivity index (χ3n) is 2.85. The molecule has 0 aliphatic carbocycles. The predicted octanol–water partition coefficient (Wildman–Crippen LogP) is 2.86. The Balaban J connectivity index is 2.53. The Hall–Kier alpha value is -2.10. The van der Waals surface area contributed by atoms with Crippen LogP contribution in [-0.4, -0.2) is 17.3 Å². The van der Waals surface area contributed by atoms with Gasteiger partial charge < -0.3 is 10.5 Å². The molecular weight excluding hydrogens is 226 g/mol. The number of nitrogen functional groups attached to an aromatic ring is 1. The monoisotopic (exact) mass is 243 g/mol. The number of rotatable bonds is 3. The van der Waals surface area contributed by atoms with E-state index in [-0.39, 0.29) is 0 Å². The molecule has 0 unspecified atom stereocenters. The van der Waals surface area contributed by atoms with Gasteiger partial charge in [0, 0.05) is 5.56 Å². The maximum absolute atomic E-state index is 5.55. The predicted molar refractivity (Wildman–Crippen MR) is 72.5 cm³/mol. The number of methoxy groups -OCH3 is 1. The second-order valence-electron chi connectivity index (χ2n) is 4.46. The van der Waals surface area contributed by atoms with E-state index >= 15 is 0 Å². The molecule has 0 amide bonds. The summed E-state index contributed by atoms with van der Waals surface area (Å²) in [5.74, 6) is 1.66. The molecule has 0 saturated carbocycles. The molecule has 0 fully saturated rings. The summed E-state index contributed by atoms with van der Waals surface area (Å²) in [4.78, 5) is 0. The Morgan fingerprint density at radius 1 is 1.11 bits per heavy atom. The molecule has 1 aromatic heterocycles. The number of ether oxygens (including phenoxy) is 1. The molecule has 0 aliphatic heterocycles. The average Bonchev–Trinajstić information content (AvgIpc) is 2.39. The lowest BCUT2D eigenvalue weighted by Gasteiger charge is -2.12. The lowest BCUT2D eigenvalue weighted by molar-refractivity contribution is 0.416. The summed E-state index contributed by atoms with van der Waals surface area (Å²) in [6.45, 7) is 4.31. The quantitative estimate of drug-likeness (QED) is 0.900. The fourth-order valence-electron chi connectivity index (χ4n) is 1.77. The fraction of sp³-hybridized carbons (Fsp3) is 0.286. The van der Waals surface area contributed by atoms with Gasteiger partial charge in [-0.15, -0.1) is 10.2 Å². The highest BCUT2D eigenvalue weighted by molar-refractivity contribution is 5.68. The van der Waals surface area contributed by atoms with E-state index in [4.69, 9.17) is 10.5 Å². The smallest absolute Gasteiger partial charge is 0.146 e. The van der Waals surface area contributed by atoms with E-state index < -0.39 is 0 Å². The standard InChI is InChI=1S/C14H17N3O/c1-9(2)10-4-6-13(18-3)11(8-10)12-5-7-14(15)17-16-12/h4-9H,1-3H3,(H2,15,17). The van der Waals surface area contributed by atoms with E-state index in [0.29, 0.717) is 11.7 Å². The van der Waals surface area contributed by atoms with Gasteiger partial charge in [-0.2, -0.15) is 0 Å². The molecule has 0 atom stereocenters. The molecule has 2 N–H and O–H groups in total. The summed E-state index contributed by atoms with van der Waals surface area (Å²) < 4.78 is 5.37. The maximum atomic E-state index is 5.55. The first-order chi connectivity index (χ1) is 8.61. The third kappa shape index (κ3) is 2.42. The van der Waals surface area contributed by atoms with Crippen molar-refractivity contribution in [3.63, 3.8) is 0 Å². The Morgan fingerprint density at radius 3 is 2.44 bits per heavy atom. The van der Waals surface area contributed by atoms with Crippen LogP contribution in [0.2, 0.25) is 0 Å². The second-order valence-corrected chi connectivity index (χ2v) is 4.46. The molecule has 0 radical (unpaired) electrons. The number of benzene rings is 1. The van der Waals surface area contributed by atoms with Gasteiger partial charge in [0.05, 0.1) is 12.8 Å². The number of nitrogens with two attached hydrogens (primary N) is 1. The molecule has 18 heavy (non-hydrogen) atoms. The van der Waals surface area contributed by atoms with Crippen LogP contribution >= 0.6 is 0 Å². The van der Waals surface area contributed by atoms with E-state index in [9.17, 15) is 0 Å². The van der Waals surface area contributed by atoms with E-state index in [1.54, 1.807) is 13.2 Å². The molecule has 4 heteroatoms. The normalized spacial score (nSPS) is 10.7. The second kappa shape index (κ2) is 5.04. The van der Waals surface area contributed by atoms with Crippen molar-refractivity contribution in [3.05, 3.63) is 35.9 Å². The van der Waals surface area contributed by atoms with Crippen LogP contribution in [0.1, 0.15) is 25.3 Å². The van der Waals surface area contributed by atoms with Crippen LogP contribution in [0, 0.1) is 0 Å². The first-order valence-corrected chi connectivity index (χ1v) is 5.89. The number of aromatic nitrogens is 2. The van der Waals surface area contributed by atoms with Crippen molar-refractivity contribution in [1.82, 2.24) is 10.2 Å². The zero-order valence-corrected chi connectivity index (χ0v) is 10.8. The number of anilines is 1. The van der Waals surface area contributed by atoms with Gasteiger partial charge in [0.25, 0.3) is 0 Å². The van der Waals surface area contributed by atoms with Crippen molar-refractivity contribution >= 4 is 5.82 Å². The molecule has 1 aromatic carbocycles. The van der Waals surface area contributed by atoms with Gasteiger partial charge in [0.15, 0.2) is 0 Å². The van der Waals surface area contributed by atoms with Gasteiger partial charge in [-0.05, 0) is 35.7 Å². The lowest BCUT2D eigenvalue weighted by Crippen LogP contribution is -1.97. The van der Waals surface area contributed by atoms with Gasteiger partial charge in [-0.3, -0.25) is 0 Å². The highest BCUT2D eigenvalue weighted by atomic mass is 16.5. The van der Waals surface area contributed by atoms with Crippen molar-refractivity contribution in [2.45, 2.75) is 19.8 Å². The summed E-state index contributed by atoms with van der Waals surface area (Å²) in [6.07, 6.45) is 0. The zero-order valence-electron chi connectivity index (χ0n) is 10.8. The number of nitrogens with zero attached hydrogens (tertiary/aromatic N) is 2. The largest absolute Gasteiger partial charge is 0.496 e. The van der Waals surface area contributed by atoms with Crippen LogP contribution in [0.15, 0.2) is 30.3 Å². The van der Waals surface area contributed by atoms with Gasteiger partial charge >= 0.3 is 0 Å². The molecule has 2 rings (SSSR count). The van der Waals surface area contributed by atoms with Gasteiger partial charge in [-0.1, -0.05) is 19.9 Å². The maximum Gasteiger partial charge on any atom is 0.146 e. The molecule has 0 saturated heterocycles. The molecule has 1 heterocycles. The van der Waals surface area contributed by atoms with E-state index in [0.717, 1.165) is 17.0 Å². The first kappa shape index (κ1) is 12.4. The van der Waals surface area contributed by atoms with Crippen LogP contribution < -0.4 is 10.5 Å². The van der Waals surface area contributed by atoms with Crippen molar-refractivity contribution in [2.75, 3.05) is 12.8 Å². The minimum Gasteiger partial charge on any atom is -0.496 e. The summed E-state index contributed by atoms with van der Waals surface area (Å²) in [6, 6.07) is 9.71. The van der Waals surface area contributed by atoms with Crippen molar-refractivity contribution in [1.29, 1.82) is 0 Å². The highest BCUT2D eigenvalue weighted by Gasteiger charge is 2.10. The van der Waals surface area contributed by atoms with Gasteiger partial charge in [0.1, 0.15) is 11.6 Å². The minimum absolute atomic E-state index is 0.415. The minimum atomic E-state index is 0.415. The van der Waals surface area contributed by atoms with Crippen molar-refractivity contribution in [2.24, 2.45) is 0 Å². The highest BCUT2D eigenvalue weighted by Crippen LogP contribution is 2.31. The molecule has 2 aromatic rings. The van der Waals surface area contributed by atoms with Gasteiger partial charge in [-0.25, -0.2) is 0 Å². The molecule has 0 spiro atoms.